The van der Waals surface area contributed by atoms with E-state index in [1.54, 1.807) is 0 Å². The first-order chi connectivity index (χ1) is 7.68. The average molecular weight is 242 g/mol. The first kappa shape index (κ1) is 13.8. The predicted octanol–water partition coefficient (Wildman–Crippen LogP) is 3.22. The molecule has 3 heteroatoms. The molecular weight excluding hydrogens is 216 g/mol. The minimum atomic E-state index is 0.624. The maximum atomic E-state index is 5.29. The molecule has 0 radical (unpaired) electrons. The molecule has 0 saturated heterocycles. The van der Waals surface area contributed by atoms with Crippen molar-refractivity contribution in [2.75, 3.05) is 6.54 Å². The Morgan fingerprint density at radius 3 is 2.56 bits per heavy atom. The van der Waals surface area contributed by atoms with Gasteiger partial charge in [-0.3, -0.25) is 0 Å². The molecule has 0 spiro atoms. The Bertz CT molecular complexity index is 198. The third-order valence-electron chi connectivity index (χ3n) is 3.18. The molecule has 1 aliphatic carbocycles. The molecule has 0 aliphatic heterocycles. The van der Waals surface area contributed by atoms with Gasteiger partial charge in [0.05, 0.1) is 0 Å². The Morgan fingerprint density at radius 1 is 1.25 bits per heavy atom. The van der Waals surface area contributed by atoms with Crippen LogP contribution in [0.2, 0.25) is 0 Å². The van der Waals surface area contributed by atoms with Crippen LogP contribution in [0, 0.1) is 5.92 Å². The first-order valence-corrected chi connectivity index (χ1v) is 7.13. The van der Waals surface area contributed by atoms with Crippen LogP contribution in [0.1, 0.15) is 58.8 Å². The minimum Gasteiger partial charge on any atom is -0.363 e. The standard InChI is InChI=1S/C13H26N2S/c1-11(2)7-6-10-14-13(16)15-12-8-4-3-5-9-12/h11-12H,3-10H2,1-2H3,(H2,14,15,16). The van der Waals surface area contributed by atoms with Crippen molar-refractivity contribution in [1.82, 2.24) is 10.6 Å². The third-order valence-corrected chi connectivity index (χ3v) is 3.45. The van der Waals surface area contributed by atoms with Gasteiger partial charge in [0.1, 0.15) is 0 Å². The number of hydrogen-bond acceptors (Lipinski definition) is 1. The summed E-state index contributed by atoms with van der Waals surface area (Å²) in [6, 6.07) is 0.624. The van der Waals surface area contributed by atoms with E-state index in [4.69, 9.17) is 12.2 Å². The van der Waals surface area contributed by atoms with Crippen LogP contribution in [0.5, 0.6) is 0 Å². The van der Waals surface area contributed by atoms with Gasteiger partial charge in [0.2, 0.25) is 0 Å². The molecule has 16 heavy (non-hydrogen) atoms. The summed E-state index contributed by atoms with van der Waals surface area (Å²) in [5.74, 6) is 0.793. The van der Waals surface area contributed by atoms with Crippen molar-refractivity contribution in [3.05, 3.63) is 0 Å². The lowest BCUT2D eigenvalue weighted by Crippen LogP contribution is -2.43. The van der Waals surface area contributed by atoms with Gasteiger partial charge in [0.15, 0.2) is 5.11 Å². The van der Waals surface area contributed by atoms with E-state index in [2.05, 4.69) is 24.5 Å². The van der Waals surface area contributed by atoms with Gasteiger partial charge in [0, 0.05) is 12.6 Å². The van der Waals surface area contributed by atoms with Gasteiger partial charge in [0.25, 0.3) is 0 Å². The fraction of sp³-hybridized carbons (Fsp3) is 0.923. The second-order valence-electron chi connectivity index (χ2n) is 5.27. The molecule has 0 aromatic rings. The third kappa shape index (κ3) is 6.31. The molecule has 1 saturated carbocycles. The number of nitrogens with one attached hydrogen (secondary N) is 2. The Labute approximate surface area is 106 Å². The molecule has 0 amide bonds. The van der Waals surface area contributed by atoms with Crippen molar-refractivity contribution in [2.45, 2.75) is 64.8 Å². The highest BCUT2D eigenvalue weighted by atomic mass is 32.1. The molecule has 1 rings (SSSR count). The summed E-state index contributed by atoms with van der Waals surface area (Å²) in [4.78, 5) is 0. The maximum Gasteiger partial charge on any atom is 0.166 e. The van der Waals surface area contributed by atoms with E-state index >= 15 is 0 Å². The van der Waals surface area contributed by atoms with Crippen LogP contribution in [0.4, 0.5) is 0 Å². The Kier molecular flexibility index (Phi) is 6.78. The molecule has 1 fully saturated rings. The summed E-state index contributed by atoms with van der Waals surface area (Å²) in [6.45, 7) is 5.54. The molecular formula is C13H26N2S. The molecule has 0 heterocycles. The Morgan fingerprint density at radius 2 is 1.94 bits per heavy atom. The lowest BCUT2D eigenvalue weighted by Gasteiger charge is -2.24. The minimum absolute atomic E-state index is 0.624. The van der Waals surface area contributed by atoms with Gasteiger partial charge < -0.3 is 10.6 Å². The fourth-order valence-electron chi connectivity index (χ4n) is 2.20. The summed E-state index contributed by atoms with van der Waals surface area (Å²) >= 11 is 5.29. The topological polar surface area (TPSA) is 24.1 Å². The van der Waals surface area contributed by atoms with Gasteiger partial charge in [-0.2, -0.15) is 0 Å². The van der Waals surface area contributed by atoms with Crippen LogP contribution in [0.25, 0.3) is 0 Å². The molecule has 0 bridgehead atoms. The van der Waals surface area contributed by atoms with Crippen LogP contribution in [0.15, 0.2) is 0 Å². The zero-order valence-electron chi connectivity index (χ0n) is 10.7. The van der Waals surface area contributed by atoms with E-state index in [1.807, 2.05) is 0 Å². The Hall–Kier alpha value is -0.310. The monoisotopic (exact) mass is 242 g/mol. The highest BCUT2D eigenvalue weighted by Gasteiger charge is 2.13. The van der Waals surface area contributed by atoms with E-state index in [0.717, 1.165) is 17.6 Å². The second kappa shape index (κ2) is 7.88. The maximum absolute atomic E-state index is 5.29. The average Bonchev–Trinajstić information content (AvgIpc) is 2.25. The van der Waals surface area contributed by atoms with Gasteiger partial charge in [-0.15, -0.1) is 0 Å². The summed E-state index contributed by atoms with van der Waals surface area (Å²) in [5.41, 5.74) is 0. The lowest BCUT2D eigenvalue weighted by molar-refractivity contribution is 0.411. The first-order valence-electron chi connectivity index (χ1n) is 6.73. The van der Waals surface area contributed by atoms with E-state index in [-0.39, 0.29) is 0 Å². The molecule has 1 aliphatic rings. The van der Waals surface area contributed by atoms with Crippen molar-refractivity contribution in [1.29, 1.82) is 0 Å². The quantitative estimate of drug-likeness (QED) is 0.572. The van der Waals surface area contributed by atoms with Crippen LogP contribution >= 0.6 is 12.2 Å². The predicted molar refractivity (Wildman–Crippen MR) is 74.7 cm³/mol. The van der Waals surface area contributed by atoms with E-state index in [0.29, 0.717) is 6.04 Å². The lowest BCUT2D eigenvalue weighted by atomic mass is 9.96. The van der Waals surface area contributed by atoms with E-state index in [9.17, 15) is 0 Å². The number of rotatable bonds is 5. The van der Waals surface area contributed by atoms with Crippen molar-refractivity contribution >= 4 is 17.3 Å². The normalized spacial score (nSPS) is 17.4. The van der Waals surface area contributed by atoms with Crippen LogP contribution in [-0.4, -0.2) is 17.7 Å². The summed E-state index contributed by atoms with van der Waals surface area (Å²) in [5, 5.41) is 7.59. The molecule has 0 aromatic carbocycles. The van der Waals surface area contributed by atoms with Crippen molar-refractivity contribution in [2.24, 2.45) is 5.92 Å². The highest BCUT2D eigenvalue weighted by molar-refractivity contribution is 7.80. The van der Waals surface area contributed by atoms with E-state index in [1.165, 1.54) is 44.9 Å². The molecule has 2 nitrogen and oxygen atoms in total. The summed E-state index contributed by atoms with van der Waals surface area (Å²) < 4.78 is 0. The van der Waals surface area contributed by atoms with Crippen molar-refractivity contribution in [3.8, 4) is 0 Å². The van der Waals surface area contributed by atoms with E-state index < -0.39 is 0 Å². The van der Waals surface area contributed by atoms with Crippen molar-refractivity contribution in [3.63, 3.8) is 0 Å². The smallest absolute Gasteiger partial charge is 0.166 e. The van der Waals surface area contributed by atoms with Gasteiger partial charge in [-0.05, 0) is 43.8 Å². The van der Waals surface area contributed by atoms with Crippen LogP contribution in [-0.2, 0) is 0 Å². The molecule has 2 N–H and O–H groups in total. The van der Waals surface area contributed by atoms with Crippen LogP contribution < -0.4 is 10.6 Å². The molecule has 0 aromatic heterocycles. The largest absolute Gasteiger partial charge is 0.363 e. The Balaban J connectivity index is 2.01. The van der Waals surface area contributed by atoms with Gasteiger partial charge in [-0.25, -0.2) is 0 Å². The highest BCUT2D eigenvalue weighted by Crippen LogP contribution is 2.17. The van der Waals surface area contributed by atoms with Gasteiger partial charge in [-0.1, -0.05) is 33.1 Å². The molecule has 0 atom stereocenters. The SMILES string of the molecule is CC(C)CCCNC(=S)NC1CCCCC1. The van der Waals surface area contributed by atoms with Crippen molar-refractivity contribution < 1.29 is 0 Å². The summed E-state index contributed by atoms with van der Waals surface area (Å²) in [7, 11) is 0. The summed E-state index contributed by atoms with van der Waals surface area (Å²) in [6.07, 6.45) is 9.17. The second-order valence-corrected chi connectivity index (χ2v) is 5.68. The molecule has 94 valence electrons. The zero-order chi connectivity index (χ0) is 11.8. The van der Waals surface area contributed by atoms with Crippen LogP contribution in [0.3, 0.4) is 0 Å². The zero-order valence-corrected chi connectivity index (χ0v) is 11.5. The number of thiocarbonyl (C=S) groups is 1. The number of hydrogen-bond donors (Lipinski definition) is 2. The molecule has 0 unspecified atom stereocenters. The fourth-order valence-corrected chi connectivity index (χ4v) is 2.46. The van der Waals surface area contributed by atoms with Gasteiger partial charge >= 0.3 is 0 Å².